The number of nitro groups is 1. The van der Waals surface area contributed by atoms with Gasteiger partial charge in [-0.1, -0.05) is 12.1 Å². The molecule has 0 aromatic heterocycles. The normalized spacial score (nSPS) is 9.71. The van der Waals surface area contributed by atoms with Crippen molar-refractivity contribution < 1.29 is 14.1 Å². The number of nitro benzene ring substituents is 1. The van der Waals surface area contributed by atoms with Crippen molar-refractivity contribution in [2.75, 3.05) is 5.32 Å². The average Bonchev–Trinajstić information content (AvgIpc) is 2.47. The van der Waals surface area contributed by atoms with Crippen molar-refractivity contribution in [1.82, 2.24) is 0 Å². The first-order valence-electron chi connectivity index (χ1n) is 5.77. The van der Waals surface area contributed by atoms with Crippen LogP contribution in [0.15, 0.2) is 42.5 Å². The Labute approximate surface area is 118 Å². The Morgan fingerprint density at radius 3 is 2.67 bits per heavy atom. The van der Waals surface area contributed by atoms with Gasteiger partial charge in [0, 0.05) is 11.6 Å². The summed E-state index contributed by atoms with van der Waals surface area (Å²) in [5.74, 6) is -1.69. The number of nitrogens with one attached hydrogen (secondary N) is 1. The van der Waals surface area contributed by atoms with Gasteiger partial charge in [0.15, 0.2) is 0 Å². The molecule has 6 nitrogen and oxygen atoms in total. The molecule has 0 bridgehead atoms. The molecule has 2 aromatic rings. The molecule has 0 spiro atoms. The van der Waals surface area contributed by atoms with E-state index in [0.717, 1.165) is 18.2 Å². The molecule has 2 aromatic carbocycles. The number of carbonyl (C=O) groups excluding carboxylic acids is 1. The zero-order valence-electron chi connectivity index (χ0n) is 10.5. The lowest BCUT2D eigenvalue weighted by Gasteiger charge is -2.06. The lowest BCUT2D eigenvalue weighted by molar-refractivity contribution is -0.387. The van der Waals surface area contributed by atoms with Crippen LogP contribution in [-0.2, 0) is 0 Å². The topological polar surface area (TPSA) is 96.0 Å². The highest BCUT2D eigenvalue weighted by Gasteiger charge is 2.18. The second kappa shape index (κ2) is 5.79. The molecule has 2 rings (SSSR count). The third-order valence-electron chi connectivity index (χ3n) is 2.70. The van der Waals surface area contributed by atoms with Crippen molar-refractivity contribution in [1.29, 1.82) is 5.26 Å². The van der Waals surface area contributed by atoms with Crippen LogP contribution in [0.3, 0.4) is 0 Å². The zero-order valence-corrected chi connectivity index (χ0v) is 10.5. The molecule has 21 heavy (non-hydrogen) atoms. The number of hydrogen-bond acceptors (Lipinski definition) is 4. The Morgan fingerprint density at radius 2 is 2.00 bits per heavy atom. The molecule has 0 atom stereocenters. The number of carbonyl (C=O) groups is 1. The number of anilines is 1. The minimum absolute atomic E-state index is 0.0733. The minimum Gasteiger partial charge on any atom is -0.321 e. The van der Waals surface area contributed by atoms with Gasteiger partial charge in [-0.05, 0) is 24.3 Å². The largest absolute Gasteiger partial charge is 0.321 e. The monoisotopic (exact) mass is 285 g/mol. The molecule has 1 amide bonds. The van der Waals surface area contributed by atoms with Gasteiger partial charge in [-0.2, -0.15) is 9.65 Å². The van der Waals surface area contributed by atoms with Gasteiger partial charge >= 0.3 is 5.69 Å². The van der Waals surface area contributed by atoms with Gasteiger partial charge in [-0.3, -0.25) is 14.9 Å². The lowest BCUT2D eigenvalue weighted by Crippen LogP contribution is -2.13. The molecule has 0 saturated heterocycles. The number of benzene rings is 2. The van der Waals surface area contributed by atoms with E-state index in [0.29, 0.717) is 0 Å². The van der Waals surface area contributed by atoms with Crippen molar-refractivity contribution in [3.05, 3.63) is 69.5 Å². The van der Waals surface area contributed by atoms with Gasteiger partial charge in [0.05, 0.1) is 16.2 Å². The van der Waals surface area contributed by atoms with Crippen molar-refractivity contribution in [3.8, 4) is 6.07 Å². The molecule has 0 radical (unpaired) electrons. The van der Waals surface area contributed by atoms with Crippen LogP contribution < -0.4 is 5.32 Å². The van der Waals surface area contributed by atoms with Crippen molar-refractivity contribution >= 4 is 17.3 Å². The third kappa shape index (κ3) is 3.01. The lowest BCUT2D eigenvalue weighted by atomic mass is 10.1. The molecule has 1 N–H and O–H groups in total. The minimum atomic E-state index is -1.02. The second-order valence-corrected chi connectivity index (χ2v) is 4.03. The van der Waals surface area contributed by atoms with Gasteiger partial charge < -0.3 is 5.32 Å². The smallest absolute Gasteiger partial charge is 0.305 e. The van der Waals surface area contributed by atoms with Gasteiger partial charge in [0.25, 0.3) is 5.91 Å². The molecule has 0 aliphatic carbocycles. The molecule has 0 aliphatic heterocycles. The van der Waals surface area contributed by atoms with Crippen LogP contribution in [0.2, 0.25) is 0 Å². The highest BCUT2D eigenvalue weighted by Crippen LogP contribution is 2.20. The summed E-state index contributed by atoms with van der Waals surface area (Å²) in [4.78, 5) is 21.7. The maximum Gasteiger partial charge on any atom is 0.305 e. The predicted octanol–water partition coefficient (Wildman–Crippen LogP) is 2.86. The summed E-state index contributed by atoms with van der Waals surface area (Å²) in [6.45, 7) is 0. The van der Waals surface area contributed by atoms with E-state index in [1.807, 2.05) is 6.07 Å². The highest BCUT2D eigenvalue weighted by molar-refractivity contribution is 6.05. The number of para-hydroxylation sites is 1. The van der Waals surface area contributed by atoms with Crippen molar-refractivity contribution in [2.24, 2.45) is 0 Å². The summed E-state index contributed by atoms with van der Waals surface area (Å²) in [6.07, 6.45) is 0. The van der Waals surface area contributed by atoms with E-state index < -0.39 is 22.3 Å². The van der Waals surface area contributed by atoms with Crippen molar-refractivity contribution in [2.45, 2.75) is 0 Å². The number of amides is 1. The van der Waals surface area contributed by atoms with Crippen molar-refractivity contribution in [3.63, 3.8) is 0 Å². The molecule has 0 saturated carbocycles. The van der Waals surface area contributed by atoms with Gasteiger partial charge in [0.1, 0.15) is 6.07 Å². The Morgan fingerprint density at radius 1 is 1.29 bits per heavy atom. The number of nitriles is 1. The SMILES string of the molecule is N#Cc1ccccc1NC(=O)c1ccc(F)c([N+](=O)[O-])c1. The first-order valence-corrected chi connectivity index (χ1v) is 5.77. The highest BCUT2D eigenvalue weighted by atomic mass is 19.1. The molecular weight excluding hydrogens is 277 g/mol. The van der Waals surface area contributed by atoms with E-state index in [4.69, 9.17) is 5.26 Å². The van der Waals surface area contributed by atoms with E-state index in [1.54, 1.807) is 12.1 Å². The Bertz CT molecular complexity index is 768. The van der Waals surface area contributed by atoms with Gasteiger partial charge in [0.2, 0.25) is 5.82 Å². The first-order chi connectivity index (χ1) is 10.0. The Kier molecular flexibility index (Phi) is 3.90. The number of halogens is 1. The molecule has 0 unspecified atom stereocenters. The Balaban J connectivity index is 2.31. The fourth-order valence-corrected chi connectivity index (χ4v) is 1.68. The molecule has 0 fully saturated rings. The van der Waals surface area contributed by atoms with Crippen LogP contribution in [0.25, 0.3) is 0 Å². The zero-order chi connectivity index (χ0) is 15.4. The fraction of sp³-hybridized carbons (Fsp3) is 0. The summed E-state index contributed by atoms with van der Waals surface area (Å²) in [5.41, 5.74) is -0.327. The van der Waals surface area contributed by atoms with Crippen LogP contribution in [0.4, 0.5) is 15.8 Å². The summed E-state index contributed by atoms with van der Waals surface area (Å²) >= 11 is 0. The fourth-order valence-electron chi connectivity index (χ4n) is 1.68. The average molecular weight is 285 g/mol. The van der Waals surface area contributed by atoms with E-state index >= 15 is 0 Å². The second-order valence-electron chi connectivity index (χ2n) is 4.03. The third-order valence-corrected chi connectivity index (χ3v) is 2.70. The van der Waals surface area contributed by atoms with Crippen LogP contribution in [-0.4, -0.2) is 10.8 Å². The number of rotatable bonds is 3. The van der Waals surface area contributed by atoms with E-state index in [1.165, 1.54) is 12.1 Å². The Hall–Kier alpha value is -3.27. The van der Waals surface area contributed by atoms with E-state index in [2.05, 4.69) is 5.32 Å². The number of hydrogen-bond donors (Lipinski definition) is 1. The first kappa shape index (κ1) is 14.1. The summed E-state index contributed by atoms with van der Waals surface area (Å²) in [6, 6.07) is 11.0. The van der Waals surface area contributed by atoms with Crippen LogP contribution in [0.1, 0.15) is 15.9 Å². The molecular formula is C14H8FN3O3. The standard InChI is InChI=1S/C14H8FN3O3/c15-11-6-5-9(7-13(11)18(20)21)14(19)17-12-4-2-1-3-10(12)8-16/h1-7H,(H,17,19). The van der Waals surface area contributed by atoms with E-state index in [9.17, 15) is 19.3 Å². The molecule has 0 heterocycles. The summed E-state index contributed by atoms with van der Waals surface area (Å²) < 4.78 is 13.2. The quantitative estimate of drug-likeness (QED) is 0.692. The maximum absolute atomic E-state index is 13.2. The van der Waals surface area contributed by atoms with Crippen LogP contribution >= 0.6 is 0 Å². The van der Waals surface area contributed by atoms with Gasteiger partial charge in [-0.25, -0.2) is 0 Å². The predicted molar refractivity (Wildman–Crippen MR) is 72.2 cm³/mol. The number of nitrogens with zero attached hydrogens (tertiary/aromatic N) is 2. The summed E-state index contributed by atoms with van der Waals surface area (Å²) in [7, 11) is 0. The maximum atomic E-state index is 13.2. The summed E-state index contributed by atoms with van der Waals surface area (Å²) in [5, 5.41) is 22.0. The molecule has 104 valence electrons. The van der Waals surface area contributed by atoms with E-state index in [-0.39, 0.29) is 16.8 Å². The van der Waals surface area contributed by atoms with Crippen LogP contribution in [0, 0.1) is 27.3 Å². The van der Waals surface area contributed by atoms with Crippen LogP contribution in [0.5, 0.6) is 0 Å². The van der Waals surface area contributed by atoms with Gasteiger partial charge in [-0.15, -0.1) is 0 Å². The molecule has 0 aliphatic rings. The molecule has 7 heteroatoms.